The van der Waals surface area contributed by atoms with Crippen LogP contribution in [0.2, 0.25) is 0 Å². The van der Waals surface area contributed by atoms with Crippen LogP contribution >= 0.6 is 0 Å². The highest BCUT2D eigenvalue weighted by atomic mass is 16.5. The van der Waals surface area contributed by atoms with Crippen molar-refractivity contribution in [1.29, 1.82) is 5.26 Å². The van der Waals surface area contributed by atoms with Gasteiger partial charge in [0.15, 0.2) is 0 Å². The molecule has 3 nitrogen and oxygen atoms in total. The van der Waals surface area contributed by atoms with Gasteiger partial charge in [0.1, 0.15) is 17.4 Å². The Hall–Kier alpha value is -1.56. The second kappa shape index (κ2) is 2.83. The Bertz CT molecular complexity index is 342. The van der Waals surface area contributed by atoms with E-state index in [1.54, 1.807) is 6.07 Å². The summed E-state index contributed by atoms with van der Waals surface area (Å²) < 4.78 is 25.0. The van der Waals surface area contributed by atoms with Gasteiger partial charge in [-0.3, -0.25) is 4.98 Å². The SMILES string of the molecule is [2H]C([2H])([2H])Oc1ccncc1C#N. The summed E-state index contributed by atoms with van der Waals surface area (Å²) in [5, 5.41) is 8.56. The van der Waals surface area contributed by atoms with Crippen molar-refractivity contribution < 1.29 is 8.85 Å². The van der Waals surface area contributed by atoms with Crippen molar-refractivity contribution in [2.45, 2.75) is 0 Å². The maximum absolute atomic E-state index is 8.56. The molecule has 0 aliphatic rings. The van der Waals surface area contributed by atoms with Crippen molar-refractivity contribution in [3.63, 3.8) is 0 Å². The first-order chi connectivity index (χ1) is 6.03. The van der Waals surface area contributed by atoms with Crippen LogP contribution in [0.3, 0.4) is 0 Å². The van der Waals surface area contributed by atoms with Gasteiger partial charge in [0.05, 0.1) is 11.2 Å². The van der Waals surface area contributed by atoms with Crippen LogP contribution in [0.15, 0.2) is 18.5 Å². The number of aromatic nitrogens is 1. The van der Waals surface area contributed by atoms with E-state index in [4.69, 9.17) is 9.37 Å². The fourth-order valence-corrected chi connectivity index (χ4v) is 0.555. The predicted molar refractivity (Wildman–Crippen MR) is 35.5 cm³/mol. The highest BCUT2D eigenvalue weighted by Crippen LogP contribution is 2.13. The van der Waals surface area contributed by atoms with Crippen molar-refractivity contribution in [3.8, 4) is 11.8 Å². The molecule has 1 aromatic heterocycles. The van der Waals surface area contributed by atoms with Crippen LogP contribution in [-0.4, -0.2) is 12.0 Å². The number of methoxy groups -OCH3 is 1. The molecular weight excluding hydrogens is 128 g/mol. The van der Waals surface area contributed by atoms with E-state index >= 15 is 0 Å². The molecule has 0 aliphatic carbocycles. The minimum Gasteiger partial charge on any atom is -0.495 e. The van der Waals surface area contributed by atoms with Crippen molar-refractivity contribution in [3.05, 3.63) is 24.0 Å². The lowest BCUT2D eigenvalue weighted by Gasteiger charge is -1.98. The zero-order valence-electron chi connectivity index (χ0n) is 8.03. The highest BCUT2D eigenvalue weighted by Gasteiger charge is 1.97. The average Bonchev–Trinajstić information content (AvgIpc) is 2.02. The fourth-order valence-electron chi connectivity index (χ4n) is 0.555. The molecule has 3 heteroatoms. The van der Waals surface area contributed by atoms with Crippen molar-refractivity contribution in [2.24, 2.45) is 0 Å². The Balaban J connectivity index is 2.96. The third kappa shape index (κ3) is 1.06. The van der Waals surface area contributed by atoms with Gasteiger partial charge in [-0.05, 0) is 6.07 Å². The lowest BCUT2D eigenvalue weighted by molar-refractivity contribution is 0.413. The highest BCUT2D eigenvalue weighted by molar-refractivity contribution is 5.39. The first kappa shape index (κ1) is 3.57. The third-order valence-electron chi connectivity index (χ3n) is 1.01. The molecule has 1 heterocycles. The van der Waals surface area contributed by atoms with Gasteiger partial charge in [0.25, 0.3) is 0 Å². The molecule has 0 spiro atoms. The summed E-state index contributed by atoms with van der Waals surface area (Å²) in [7, 11) is -2.53. The van der Waals surface area contributed by atoms with Gasteiger partial charge in [0.2, 0.25) is 0 Å². The zero-order chi connectivity index (χ0) is 9.90. The van der Waals surface area contributed by atoms with E-state index in [0.29, 0.717) is 0 Å². The lowest BCUT2D eigenvalue weighted by atomic mass is 10.3. The molecule has 0 amide bonds. The number of pyridine rings is 1. The predicted octanol–water partition coefficient (Wildman–Crippen LogP) is 0.962. The maximum Gasteiger partial charge on any atom is 0.139 e. The molecule has 0 unspecified atom stereocenters. The minimum atomic E-state index is -2.53. The summed E-state index contributed by atoms with van der Waals surface area (Å²) in [6, 6.07) is 3.12. The van der Waals surface area contributed by atoms with E-state index < -0.39 is 7.04 Å². The topological polar surface area (TPSA) is 45.9 Å². The van der Waals surface area contributed by atoms with E-state index in [1.165, 1.54) is 18.5 Å². The number of nitriles is 1. The largest absolute Gasteiger partial charge is 0.495 e. The normalized spacial score (nSPS) is 14.1. The first-order valence-corrected chi connectivity index (χ1v) is 2.56. The Morgan fingerprint density at radius 2 is 2.80 bits per heavy atom. The zero-order valence-corrected chi connectivity index (χ0v) is 5.03. The van der Waals surface area contributed by atoms with Crippen LogP contribution in [0.25, 0.3) is 0 Å². The molecule has 10 heavy (non-hydrogen) atoms. The number of hydrogen-bond donors (Lipinski definition) is 0. The summed E-state index contributed by atoms with van der Waals surface area (Å²) in [6.45, 7) is 0. The van der Waals surface area contributed by atoms with Crippen LogP contribution in [0.4, 0.5) is 0 Å². The van der Waals surface area contributed by atoms with E-state index in [-0.39, 0.29) is 11.3 Å². The summed E-state index contributed by atoms with van der Waals surface area (Å²) >= 11 is 0. The Kier molecular flexibility index (Phi) is 1.01. The van der Waals surface area contributed by atoms with E-state index in [9.17, 15) is 0 Å². The molecule has 0 aromatic carbocycles. The Labute approximate surface area is 63.1 Å². The summed E-state index contributed by atoms with van der Waals surface area (Å²) in [5.74, 6) is 0.0255. The summed E-state index contributed by atoms with van der Waals surface area (Å²) in [5.41, 5.74) is 0.110. The molecule has 0 N–H and O–H groups in total. The molecule has 0 fully saturated rings. The van der Waals surface area contributed by atoms with Gasteiger partial charge in [0, 0.05) is 12.4 Å². The molecule has 0 bridgehead atoms. The van der Waals surface area contributed by atoms with Crippen LogP contribution in [-0.2, 0) is 0 Å². The fraction of sp³-hybridized carbons (Fsp3) is 0.143. The minimum absolute atomic E-state index is 0.0255. The molecule has 1 rings (SSSR count). The smallest absolute Gasteiger partial charge is 0.139 e. The number of ether oxygens (including phenoxy) is 1. The van der Waals surface area contributed by atoms with Crippen LogP contribution < -0.4 is 4.74 Å². The van der Waals surface area contributed by atoms with Crippen molar-refractivity contribution >= 4 is 0 Å². The molecule has 0 radical (unpaired) electrons. The third-order valence-corrected chi connectivity index (χ3v) is 1.01. The number of hydrogen-bond acceptors (Lipinski definition) is 3. The molecule has 0 aliphatic heterocycles. The van der Waals surface area contributed by atoms with Gasteiger partial charge in [-0.25, -0.2) is 0 Å². The Morgan fingerprint density at radius 3 is 3.50 bits per heavy atom. The van der Waals surface area contributed by atoms with Gasteiger partial charge < -0.3 is 4.74 Å². The van der Waals surface area contributed by atoms with Crippen LogP contribution in [0.5, 0.6) is 5.75 Å². The molecule has 0 saturated carbocycles. The standard InChI is InChI=1S/C7H6N2O/c1-10-7-2-3-9-5-6(7)4-8/h2-3,5H,1H3/i1D3. The second-order valence-electron chi connectivity index (χ2n) is 1.59. The first-order valence-electron chi connectivity index (χ1n) is 4.06. The molecule has 0 saturated heterocycles. The van der Waals surface area contributed by atoms with Crippen molar-refractivity contribution in [2.75, 3.05) is 7.04 Å². The molecule has 50 valence electrons. The van der Waals surface area contributed by atoms with Crippen LogP contribution in [0.1, 0.15) is 9.68 Å². The molecular formula is C7H6N2O. The summed E-state index contributed by atoms with van der Waals surface area (Å²) in [4.78, 5) is 3.66. The van der Waals surface area contributed by atoms with Gasteiger partial charge in [-0.1, -0.05) is 0 Å². The number of rotatable bonds is 1. The van der Waals surface area contributed by atoms with Gasteiger partial charge >= 0.3 is 0 Å². The van der Waals surface area contributed by atoms with Crippen LogP contribution in [0, 0.1) is 11.3 Å². The number of nitrogens with zero attached hydrogens (tertiary/aromatic N) is 2. The quantitative estimate of drug-likeness (QED) is 0.579. The van der Waals surface area contributed by atoms with Crippen molar-refractivity contribution in [1.82, 2.24) is 4.98 Å². The molecule has 0 atom stereocenters. The monoisotopic (exact) mass is 137 g/mol. The maximum atomic E-state index is 8.56. The average molecular weight is 137 g/mol. The van der Waals surface area contributed by atoms with Gasteiger partial charge in [-0.2, -0.15) is 5.26 Å². The Morgan fingerprint density at radius 1 is 1.90 bits per heavy atom. The van der Waals surface area contributed by atoms with E-state index in [2.05, 4.69) is 9.72 Å². The van der Waals surface area contributed by atoms with Gasteiger partial charge in [-0.15, -0.1) is 0 Å². The van der Waals surface area contributed by atoms with E-state index in [1.807, 2.05) is 0 Å². The lowest BCUT2D eigenvalue weighted by Crippen LogP contribution is -1.87. The van der Waals surface area contributed by atoms with E-state index in [0.717, 1.165) is 0 Å². The second-order valence-corrected chi connectivity index (χ2v) is 1.59. The summed E-state index contributed by atoms with van der Waals surface area (Å²) in [6.07, 6.45) is 2.61. The molecule has 1 aromatic rings.